The van der Waals surface area contributed by atoms with Gasteiger partial charge in [-0.1, -0.05) is 44.2 Å². The summed E-state index contributed by atoms with van der Waals surface area (Å²) in [7, 11) is 0. The van der Waals surface area contributed by atoms with Gasteiger partial charge in [-0.15, -0.1) is 0 Å². The molecule has 1 amide bonds. The zero-order chi connectivity index (χ0) is 22.3. The van der Waals surface area contributed by atoms with E-state index in [-0.39, 0.29) is 29.5 Å². The molecule has 2 aromatic carbocycles. The number of hydrogen-bond donors (Lipinski definition) is 1. The molecule has 2 atom stereocenters. The van der Waals surface area contributed by atoms with E-state index in [1.165, 1.54) is 23.3 Å². The fourth-order valence-corrected chi connectivity index (χ4v) is 6.15. The number of rotatable bonds is 5. The Labute approximate surface area is 190 Å². The molecule has 3 heterocycles. The number of ether oxygens (including phenoxy) is 1. The van der Waals surface area contributed by atoms with Crippen LogP contribution in [0.5, 0.6) is 0 Å². The number of halogens is 1. The van der Waals surface area contributed by atoms with Gasteiger partial charge in [-0.25, -0.2) is 9.18 Å². The summed E-state index contributed by atoms with van der Waals surface area (Å²) in [6.45, 7) is 7.56. The molecule has 0 aromatic heterocycles. The largest absolute Gasteiger partial charge is 0.445 e. The minimum atomic E-state index is -0.282. The summed E-state index contributed by atoms with van der Waals surface area (Å²) in [6, 6.07) is 13.0. The predicted octanol–water partition coefficient (Wildman–Crippen LogP) is 5.72. The lowest BCUT2D eigenvalue weighted by Crippen LogP contribution is -2.53. The molecule has 4 nitrogen and oxygen atoms in total. The van der Waals surface area contributed by atoms with E-state index >= 15 is 0 Å². The SMILES string of the molecule is CCC1(CC)Cc2cc(-c3ccc(F)cc3)ccc2C1NC(=O)O[C@@H]1CN2CCC1CC2. The first-order chi connectivity index (χ1) is 15.5. The maximum absolute atomic E-state index is 13.4. The highest BCUT2D eigenvalue weighted by molar-refractivity contribution is 5.70. The lowest BCUT2D eigenvalue weighted by molar-refractivity contribution is -0.0353. The summed E-state index contributed by atoms with van der Waals surface area (Å²) in [5.74, 6) is 0.277. The van der Waals surface area contributed by atoms with Crippen LogP contribution in [0.2, 0.25) is 0 Å². The lowest BCUT2D eigenvalue weighted by Gasteiger charge is -2.44. The molecule has 1 N–H and O–H groups in total. The van der Waals surface area contributed by atoms with E-state index in [0.29, 0.717) is 5.92 Å². The number of fused-ring (bicyclic) bond motifs is 4. The van der Waals surface area contributed by atoms with Crippen molar-refractivity contribution >= 4 is 6.09 Å². The number of benzene rings is 2. The number of carbonyl (C=O) groups excluding carboxylic acids is 1. The molecular weight excluding hydrogens is 403 g/mol. The summed E-state index contributed by atoms with van der Waals surface area (Å²) in [5.41, 5.74) is 4.53. The Balaban J connectivity index is 1.37. The molecule has 0 spiro atoms. The van der Waals surface area contributed by atoms with E-state index in [9.17, 15) is 9.18 Å². The van der Waals surface area contributed by atoms with Crippen LogP contribution in [0.15, 0.2) is 42.5 Å². The summed E-state index contributed by atoms with van der Waals surface area (Å²) in [6.07, 6.45) is 4.88. The molecule has 5 heteroatoms. The van der Waals surface area contributed by atoms with Crippen LogP contribution in [0.4, 0.5) is 9.18 Å². The first-order valence-corrected chi connectivity index (χ1v) is 12.1. The molecular formula is C27H33FN2O2. The van der Waals surface area contributed by atoms with E-state index in [1.54, 1.807) is 0 Å². The van der Waals surface area contributed by atoms with Crippen molar-refractivity contribution in [3.05, 3.63) is 59.4 Å². The molecule has 3 saturated heterocycles. The number of hydrogen-bond acceptors (Lipinski definition) is 3. The molecule has 4 aliphatic rings. The van der Waals surface area contributed by atoms with Crippen LogP contribution in [-0.4, -0.2) is 36.7 Å². The zero-order valence-corrected chi connectivity index (χ0v) is 19.1. The highest BCUT2D eigenvalue weighted by atomic mass is 19.1. The lowest BCUT2D eigenvalue weighted by atomic mass is 9.76. The van der Waals surface area contributed by atoms with Crippen molar-refractivity contribution in [2.24, 2.45) is 11.3 Å². The van der Waals surface area contributed by atoms with Gasteiger partial charge in [0, 0.05) is 6.54 Å². The fourth-order valence-electron chi connectivity index (χ4n) is 6.15. The molecule has 1 unspecified atom stereocenters. The molecule has 1 aliphatic carbocycles. The van der Waals surface area contributed by atoms with Gasteiger partial charge in [-0.2, -0.15) is 0 Å². The third-order valence-electron chi connectivity index (χ3n) is 8.31. The Morgan fingerprint density at radius 3 is 2.41 bits per heavy atom. The molecule has 0 saturated carbocycles. The van der Waals surface area contributed by atoms with Crippen molar-refractivity contribution in [1.29, 1.82) is 0 Å². The monoisotopic (exact) mass is 436 g/mol. The van der Waals surface area contributed by atoms with Crippen molar-refractivity contribution in [3.8, 4) is 11.1 Å². The number of carbonyl (C=O) groups is 1. The number of nitrogens with zero attached hydrogens (tertiary/aromatic N) is 1. The second-order valence-corrected chi connectivity index (χ2v) is 9.83. The van der Waals surface area contributed by atoms with Gasteiger partial charge in [-0.3, -0.25) is 4.90 Å². The summed E-state index contributed by atoms with van der Waals surface area (Å²) in [4.78, 5) is 15.4. The zero-order valence-electron chi connectivity index (χ0n) is 19.1. The highest BCUT2D eigenvalue weighted by Crippen LogP contribution is 2.51. The maximum atomic E-state index is 13.4. The van der Waals surface area contributed by atoms with Crippen molar-refractivity contribution in [3.63, 3.8) is 0 Å². The first-order valence-electron chi connectivity index (χ1n) is 12.1. The molecule has 32 heavy (non-hydrogen) atoms. The Hall–Kier alpha value is -2.40. The number of amides is 1. The van der Waals surface area contributed by atoms with Crippen LogP contribution >= 0.6 is 0 Å². The number of piperidine rings is 3. The summed E-state index contributed by atoms with van der Waals surface area (Å²) >= 11 is 0. The highest BCUT2D eigenvalue weighted by Gasteiger charge is 2.45. The molecule has 3 fully saturated rings. The van der Waals surface area contributed by atoms with Crippen molar-refractivity contribution < 1.29 is 13.9 Å². The third-order valence-corrected chi connectivity index (χ3v) is 8.31. The van der Waals surface area contributed by atoms with Crippen LogP contribution in [-0.2, 0) is 11.2 Å². The quantitative estimate of drug-likeness (QED) is 0.652. The summed E-state index contributed by atoms with van der Waals surface area (Å²) < 4.78 is 19.3. The Bertz CT molecular complexity index is 978. The normalized spacial score (nSPS) is 27.7. The van der Waals surface area contributed by atoms with Gasteiger partial charge >= 0.3 is 6.09 Å². The van der Waals surface area contributed by atoms with Crippen molar-refractivity contribution in [1.82, 2.24) is 10.2 Å². The fraction of sp³-hybridized carbons (Fsp3) is 0.519. The molecule has 0 radical (unpaired) electrons. The number of nitrogens with one attached hydrogen (secondary N) is 1. The molecule has 6 rings (SSSR count). The van der Waals surface area contributed by atoms with Gasteiger partial charge in [0.15, 0.2) is 0 Å². The van der Waals surface area contributed by atoms with E-state index in [0.717, 1.165) is 62.9 Å². The van der Waals surface area contributed by atoms with Crippen LogP contribution < -0.4 is 5.32 Å². The van der Waals surface area contributed by atoms with Crippen LogP contribution in [0.3, 0.4) is 0 Å². The molecule has 3 aliphatic heterocycles. The van der Waals surface area contributed by atoms with E-state index < -0.39 is 0 Å². The minimum Gasteiger partial charge on any atom is -0.445 e. The van der Waals surface area contributed by atoms with Gasteiger partial charge in [0.05, 0.1) is 6.04 Å². The average molecular weight is 437 g/mol. The van der Waals surface area contributed by atoms with Crippen molar-refractivity contribution in [2.45, 2.75) is 58.1 Å². The van der Waals surface area contributed by atoms with Gasteiger partial charge in [0.1, 0.15) is 11.9 Å². The van der Waals surface area contributed by atoms with Gasteiger partial charge in [-0.05, 0) is 90.9 Å². The van der Waals surface area contributed by atoms with E-state index in [1.807, 2.05) is 12.1 Å². The van der Waals surface area contributed by atoms with Crippen LogP contribution in [0.25, 0.3) is 11.1 Å². The van der Waals surface area contributed by atoms with Gasteiger partial charge < -0.3 is 10.1 Å². The minimum absolute atomic E-state index is 0.0110. The van der Waals surface area contributed by atoms with Crippen LogP contribution in [0, 0.1) is 17.2 Å². The van der Waals surface area contributed by atoms with Crippen LogP contribution in [0.1, 0.15) is 56.7 Å². The Kier molecular flexibility index (Phi) is 5.70. The maximum Gasteiger partial charge on any atom is 0.407 e. The average Bonchev–Trinajstić information content (AvgIpc) is 3.13. The Morgan fingerprint density at radius 2 is 1.78 bits per heavy atom. The third kappa shape index (κ3) is 3.81. The summed E-state index contributed by atoms with van der Waals surface area (Å²) in [5, 5.41) is 3.27. The Morgan fingerprint density at radius 1 is 1.09 bits per heavy atom. The molecule has 170 valence electrons. The molecule has 2 aromatic rings. The second-order valence-electron chi connectivity index (χ2n) is 9.83. The second kappa shape index (κ2) is 8.51. The molecule has 2 bridgehead atoms. The smallest absolute Gasteiger partial charge is 0.407 e. The standard InChI is InChI=1S/C27H33FN2O2/c1-3-27(4-2)16-21-15-20(18-5-8-22(28)9-6-18)7-10-23(21)25(27)29-26(31)32-24-17-30-13-11-19(24)12-14-30/h5-10,15,19,24-25H,3-4,11-14,16-17H2,1-2H3,(H,29,31)/t24-,25?/m1/s1. The first kappa shape index (κ1) is 21.4. The van der Waals surface area contributed by atoms with Gasteiger partial charge in [0.2, 0.25) is 0 Å². The topological polar surface area (TPSA) is 41.6 Å². The van der Waals surface area contributed by atoms with E-state index in [4.69, 9.17) is 4.74 Å². The van der Waals surface area contributed by atoms with Gasteiger partial charge in [0.25, 0.3) is 0 Å². The van der Waals surface area contributed by atoms with Crippen molar-refractivity contribution in [2.75, 3.05) is 19.6 Å². The number of alkyl carbamates (subject to hydrolysis) is 1. The predicted molar refractivity (Wildman–Crippen MR) is 124 cm³/mol. The van der Waals surface area contributed by atoms with E-state index in [2.05, 4.69) is 42.3 Å².